The SMILES string of the molecule is CC=C1CC2C=CC1NC2. The maximum atomic E-state index is 3.46. The summed E-state index contributed by atoms with van der Waals surface area (Å²) >= 11 is 0. The van der Waals surface area contributed by atoms with Crippen molar-refractivity contribution in [2.75, 3.05) is 6.54 Å². The van der Waals surface area contributed by atoms with Gasteiger partial charge < -0.3 is 5.32 Å². The van der Waals surface area contributed by atoms with E-state index in [1.807, 2.05) is 0 Å². The Labute approximate surface area is 61.8 Å². The van der Waals surface area contributed by atoms with Gasteiger partial charge in [-0.05, 0) is 19.3 Å². The second-order valence-electron chi connectivity index (χ2n) is 3.10. The number of allylic oxidation sites excluding steroid dienone is 1. The van der Waals surface area contributed by atoms with Crippen molar-refractivity contribution in [1.82, 2.24) is 5.32 Å². The van der Waals surface area contributed by atoms with Gasteiger partial charge in [0.15, 0.2) is 0 Å². The van der Waals surface area contributed by atoms with Crippen LogP contribution in [0, 0.1) is 5.92 Å². The summed E-state index contributed by atoms with van der Waals surface area (Å²) in [5.41, 5.74) is 1.57. The number of fused-ring (bicyclic) bond motifs is 2. The summed E-state index contributed by atoms with van der Waals surface area (Å²) in [7, 11) is 0. The van der Waals surface area contributed by atoms with Crippen LogP contribution in [-0.2, 0) is 0 Å². The van der Waals surface area contributed by atoms with Crippen LogP contribution >= 0.6 is 0 Å². The fraction of sp³-hybridized carbons (Fsp3) is 0.556. The van der Waals surface area contributed by atoms with Crippen molar-refractivity contribution in [2.24, 2.45) is 5.92 Å². The molecule has 1 N–H and O–H groups in total. The molecule has 0 aromatic carbocycles. The Morgan fingerprint density at radius 2 is 2.50 bits per heavy atom. The molecule has 0 saturated carbocycles. The second kappa shape index (κ2) is 2.24. The lowest BCUT2D eigenvalue weighted by atomic mass is 9.84. The van der Waals surface area contributed by atoms with Crippen LogP contribution < -0.4 is 5.32 Å². The topological polar surface area (TPSA) is 12.0 Å². The van der Waals surface area contributed by atoms with Gasteiger partial charge in [-0.2, -0.15) is 0 Å². The first-order valence-electron chi connectivity index (χ1n) is 3.97. The molecule has 3 rings (SSSR count). The van der Waals surface area contributed by atoms with Crippen molar-refractivity contribution in [1.29, 1.82) is 0 Å². The Morgan fingerprint density at radius 1 is 1.60 bits per heavy atom. The van der Waals surface area contributed by atoms with Gasteiger partial charge in [-0.1, -0.05) is 23.8 Å². The summed E-state index contributed by atoms with van der Waals surface area (Å²) in [5.74, 6) is 0.774. The van der Waals surface area contributed by atoms with Crippen LogP contribution in [0.15, 0.2) is 23.8 Å². The molecule has 1 saturated heterocycles. The van der Waals surface area contributed by atoms with E-state index in [4.69, 9.17) is 0 Å². The average Bonchev–Trinajstić information content (AvgIpc) is 2.06. The average molecular weight is 135 g/mol. The molecule has 1 heteroatoms. The van der Waals surface area contributed by atoms with Gasteiger partial charge in [0, 0.05) is 12.6 Å². The van der Waals surface area contributed by atoms with Gasteiger partial charge in [0.25, 0.3) is 0 Å². The van der Waals surface area contributed by atoms with Gasteiger partial charge in [-0.25, -0.2) is 0 Å². The second-order valence-corrected chi connectivity index (χ2v) is 3.10. The van der Waals surface area contributed by atoms with Crippen LogP contribution in [0.3, 0.4) is 0 Å². The molecule has 1 nitrogen and oxygen atoms in total. The molecule has 0 aromatic rings. The lowest BCUT2D eigenvalue weighted by molar-refractivity contribution is 0.440. The van der Waals surface area contributed by atoms with Crippen LogP contribution in [0.1, 0.15) is 13.3 Å². The highest BCUT2D eigenvalue weighted by Crippen LogP contribution is 2.27. The van der Waals surface area contributed by atoms with Gasteiger partial charge in [0.1, 0.15) is 0 Å². The lowest BCUT2D eigenvalue weighted by Crippen LogP contribution is -2.42. The number of hydrogen-bond acceptors (Lipinski definition) is 1. The Bertz CT molecular complexity index is 191. The highest BCUT2D eigenvalue weighted by molar-refractivity contribution is 5.27. The van der Waals surface area contributed by atoms with Crippen molar-refractivity contribution >= 4 is 0 Å². The van der Waals surface area contributed by atoms with E-state index >= 15 is 0 Å². The smallest absolute Gasteiger partial charge is 0.0465 e. The van der Waals surface area contributed by atoms with E-state index in [9.17, 15) is 0 Å². The van der Waals surface area contributed by atoms with E-state index in [0.717, 1.165) is 5.92 Å². The van der Waals surface area contributed by atoms with Crippen LogP contribution in [0.4, 0.5) is 0 Å². The highest BCUT2D eigenvalue weighted by atomic mass is 14.9. The minimum Gasteiger partial charge on any atom is -0.306 e. The van der Waals surface area contributed by atoms with E-state index in [2.05, 4.69) is 30.5 Å². The molecule has 0 spiro atoms. The molecule has 2 unspecified atom stereocenters. The zero-order valence-corrected chi connectivity index (χ0v) is 6.30. The Kier molecular flexibility index (Phi) is 1.38. The summed E-state index contributed by atoms with van der Waals surface area (Å²) in [6.07, 6.45) is 8.15. The Balaban J connectivity index is 2.27. The highest BCUT2D eigenvalue weighted by Gasteiger charge is 2.25. The molecule has 10 heavy (non-hydrogen) atoms. The third kappa shape index (κ3) is 0.816. The van der Waals surface area contributed by atoms with Crippen LogP contribution in [0.2, 0.25) is 0 Å². The van der Waals surface area contributed by atoms with Crippen LogP contribution in [-0.4, -0.2) is 12.6 Å². The molecule has 0 amide bonds. The first-order chi connectivity index (χ1) is 4.90. The van der Waals surface area contributed by atoms with Crippen molar-refractivity contribution in [3.63, 3.8) is 0 Å². The minimum absolute atomic E-state index is 0.565. The largest absolute Gasteiger partial charge is 0.306 e. The van der Waals surface area contributed by atoms with E-state index in [1.54, 1.807) is 5.57 Å². The van der Waals surface area contributed by atoms with Gasteiger partial charge in [-0.15, -0.1) is 0 Å². The van der Waals surface area contributed by atoms with Crippen LogP contribution in [0.25, 0.3) is 0 Å². The maximum Gasteiger partial charge on any atom is 0.0465 e. The van der Waals surface area contributed by atoms with Gasteiger partial charge in [-0.3, -0.25) is 0 Å². The molecule has 0 radical (unpaired) electrons. The molecule has 1 fully saturated rings. The van der Waals surface area contributed by atoms with Crippen molar-refractivity contribution < 1.29 is 0 Å². The van der Waals surface area contributed by atoms with Crippen molar-refractivity contribution in [2.45, 2.75) is 19.4 Å². The number of nitrogens with one attached hydrogen (secondary N) is 1. The molecule has 2 aliphatic heterocycles. The van der Waals surface area contributed by atoms with Gasteiger partial charge >= 0.3 is 0 Å². The molecule has 2 heterocycles. The fourth-order valence-corrected chi connectivity index (χ4v) is 1.80. The molecule has 0 aromatic heterocycles. The fourth-order valence-electron chi connectivity index (χ4n) is 1.80. The molecular weight excluding hydrogens is 122 g/mol. The van der Waals surface area contributed by atoms with Gasteiger partial charge in [0.2, 0.25) is 0 Å². The third-order valence-corrected chi connectivity index (χ3v) is 2.44. The quantitative estimate of drug-likeness (QED) is 0.496. The van der Waals surface area contributed by atoms with E-state index in [1.165, 1.54) is 13.0 Å². The third-order valence-electron chi connectivity index (χ3n) is 2.44. The lowest BCUT2D eigenvalue weighted by Gasteiger charge is -2.34. The van der Waals surface area contributed by atoms with E-state index < -0.39 is 0 Å². The minimum atomic E-state index is 0.565. The summed E-state index contributed by atoms with van der Waals surface area (Å²) in [6.45, 7) is 3.31. The summed E-state index contributed by atoms with van der Waals surface area (Å²) in [5, 5.41) is 3.46. The summed E-state index contributed by atoms with van der Waals surface area (Å²) in [6, 6.07) is 0.565. The molecular formula is C9H13N. The Hall–Kier alpha value is -0.560. The standard InChI is InChI=1S/C9H13N/c1-2-8-5-7-3-4-9(8)10-6-7/h2-4,7,9-10H,5-6H2,1H3. The first-order valence-corrected chi connectivity index (χ1v) is 3.97. The number of rotatable bonds is 0. The monoisotopic (exact) mass is 135 g/mol. The predicted molar refractivity (Wildman–Crippen MR) is 42.8 cm³/mol. The first kappa shape index (κ1) is 6.17. The Morgan fingerprint density at radius 3 is 2.80 bits per heavy atom. The zero-order valence-electron chi connectivity index (χ0n) is 6.30. The molecule has 1 aliphatic carbocycles. The normalized spacial score (nSPS) is 41.1. The molecule has 2 bridgehead atoms. The van der Waals surface area contributed by atoms with E-state index in [-0.39, 0.29) is 0 Å². The predicted octanol–water partition coefficient (Wildman–Crippen LogP) is 1.48. The van der Waals surface area contributed by atoms with Gasteiger partial charge in [0.05, 0.1) is 0 Å². The zero-order chi connectivity index (χ0) is 6.97. The number of hydrogen-bond donors (Lipinski definition) is 1. The summed E-state index contributed by atoms with van der Waals surface area (Å²) in [4.78, 5) is 0. The molecule has 2 atom stereocenters. The van der Waals surface area contributed by atoms with Crippen molar-refractivity contribution in [3.05, 3.63) is 23.8 Å². The number of piperidine rings is 1. The summed E-state index contributed by atoms with van der Waals surface area (Å²) < 4.78 is 0. The maximum absolute atomic E-state index is 3.46. The molecule has 54 valence electrons. The van der Waals surface area contributed by atoms with Crippen molar-refractivity contribution in [3.8, 4) is 0 Å². The molecule has 3 aliphatic rings. The van der Waals surface area contributed by atoms with E-state index in [0.29, 0.717) is 6.04 Å². The van der Waals surface area contributed by atoms with Crippen LogP contribution in [0.5, 0.6) is 0 Å².